The van der Waals surface area contributed by atoms with Crippen LogP contribution in [0.4, 0.5) is 0 Å². The Morgan fingerprint density at radius 3 is 2.94 bits per heavy atom. The Morgan fingerprint density at radius 2 is 2.35 bits per heavy atom. The minimum Gasteiger partial charge on any atom is -0.354 e. The van der Waals surface area contributed by atoms with Crippen LogP contribution in [0.2, 0.25) is 0 Å². The van der Waals surface area contributed by atoms with E-state index in [1.165, 1.54) is 12.8 Å². The summed E-state index contributed by atoms with van der Waals surface area (Å²) >= 11 is 0. The number of rotatable bonds is 6. The maximum absolute atomic E-state index is 4.27. The molecule has 5 nitrogen and oxygen atoms in total. The van der Waals surface area contributed by atoms with Gasteiger partial charge >= 0.3 is 0 Å². The summed E-state index contributed by atoms with van der Waals surface area (Å²) in [6, 6.07) is 0. The highest BCUT2D eigenvalue weighted by atomic mass is 15.3. The highest BCUT2D eigenvalue weighted by Crippen LogP contribution is 1.92. The van der Waals surface area contributed by atoms with Crippen molar-refractivity contribution in [3.05, 3.63) is 18.7 Å². The normalized spacial score (nSPS) is 11.6. The maximum atomic E-state index is 4.27. The third kappa shape index (κ3) is 4.89. The lowest BCUT2D eigenvalue weighted by atomic mass is 10.3. The largest absolute Gasteiger partial charge is 0.354 e. The third-order valence-corrected chi connectivity index (χ3v) is 2.63. The molecule has 1 aromatic heterocycles. The molecule has 0 saturated heterocycles. The predicted molar refractivity (Wildman–Crippen MR) is 71.1 cm³/mol. The van der Waals surface area contributed by atoms with Crippen molar-refractivity contribution in [2.75, 3.05) is 27.2 Å². The van der Waals surface area contributed by atoms with Crippen LogP contribution < -0.4 is 5.32 Å². The number of hydrogen-bond acceptors (Lipinski definition) is 2. The zero-order chi connectivity index (χ0) is 12.5. The van der Waals surface area contributed by atoms with Gasteiger partial charge in [0.2, 0.25) is 0 Å². The van der Waals surface area contributed by atoms with Crippen molar-refractivity contribution in [3.8, 4) is 0 Å². The van der Waals surface area contributed by atoms with Crippen molar-refractivity contribution < 1.29 is 0 Å². The molecule has 0 amide bonds. The Labute approximate surface area is 104 Å². The van der Waals surface area contributed by atoms with Gasteiger partial charge in [0.25, 0.3) is 0 Å². The molecule has 17 heavy (non-hydrogen) atoms. The quantitative estimate of drug-likeness (QED) is 0.597. The van der Waals surface area contributed by atoms with Crippen LogP contribution in [-0.2, 0) is 6.54 Å². The summed E-state index contributed by atoms with van der Waals surface area (Å²) in [7, 11) is 3.89. The van der Waals surface area contributed by atoms with Crippen molar-refractivity contribution >= 4 is 5.96 Å². The van der Waals surface area contributed by atoms with Crippen LogP contribution in [-0.4, -0.2) is 47.6 Å². The fraction of sp³-hybridized carbons (Fsp3) is 0.667. The molecule has 0 fully saturated rings. The highest BCUT2D eigenvalue weighted by molar-refractivity contribution is 5.79. The van der Waals surface area contributed by atoms with Gasteiger partial charge < -0.3 is 14.8 Å². The van der Waals surface area contributed by atoms with E-state index in [9.17, 15) is 0 Å². The second-order valence-electron chi connectivity index (χ2n) is 4.05. The first-order valence-corrected chi connectivity index (χ1v) is 6.15. The summed E-state index contributed by atoms with van der Waals surface area (Å²) in [6.07, 6.45) is 7.98. The zero-order valence-electron chi connectivity index (χ0n) is 11.1. The van der Waals surface area contributed by atoms with Crippen LogP contribution in [0.3, 0.4) is 0 Å². The number of unbranched alkanes of at least 4 members (excludes halogenated alkanes) is 1. The van der Waals surface area contributed by atoms with E-state index in [-0.39, 0.29) is 0 Å². The summed E-state index contributed by atoms with van der Waals surface area (Å²) in [4.78, 5) is 10.4. The lowest BCUT2D eigenvalue weighted by Gasteiger charge is -2.21. The fourth-order valence-corrected chi connectivity index (χ4v) is 1.60. The van der Waals surface area contributed by atoms with Gasteiger partial charge in [0.1, 0.15) is 0 Å². The molecule has 0 radical (unpaired) electrons. The molecule has 0 atom stereocenters. The SMILES string of the molecule is CCCCN(C)C(=NC)NCCn1ccnc1. The lowest BCUT2D eigenvalue weighted by Crippen LogP contribution is -2.40. The summed E-state index contributed by atoms with van der Waals surface area (Å²) in [6.45, 7) is 5.00. The number of nitrogens with zero attached hydrogens (tertiary/aromatic N) is 4. The molecule has 1 heterocycles. The molecule has 1 N–H and O–H groups in total. The number of nitrogens with one attached hydrogen (secondary N) is 1. The van der Waals surface area contributed by atoms with Crippen LogP contribution in [0.25, 0.3) is 0 Å². The van der Waals surface area contributed by atoms with Gasteiger partial charge in [0, 0.05) is 46.1 Å². The number of hydrogen-bond donors (Lipinski definition) is 1. The maximum Gasteiger partial charge on any atom is 0.193 e. The standard InChI is InChI=1S/C12H23N5/c1-4-5-8-16(3)12(13-2)15-7-10-17-9-6-14-11-17/h6,9,11H,4-5,7-8,10H2,1-3H3,(H,13,15). The van der Waals surface area contributed by atoms with E-state index in [0.717, 1.165) is 25.6 Å². The van der Waals surface area contributed by atoms with Gasteiger partial charge in [-0.15, -0.1) is 0 Å². The van der Waals surface area contributed by atoms with Crippen LogP contribution in [0, 0.1) is 0 Å². The Hall–Kier alpha value is -1.52. The van der Waals surface area contributed by atoms with Crippen LogP contribution in [0.1, 0.15) is 19.8 Å². The predicted octanol–water partition coefficient (Wildman–Crippen LogP) is 1.19. The zero-order valence-corrected chi connectivity index (χ0v) is 11.1. The molecule has 1 aromatic rings. The molecule has 0 saturated carbocycles. The van der Waals surface area contributed by atoms with E-state index in [1.807, 2.05) is 24.1 Å². The first-order valence-electron chi connectivity index (χ1n) is 6.15. The first-order chi connectivity index (χ1) is 8.27. The second kappa shape index (κ2) is 7.70. The number of imidazole rings is 1. The molecule has 0 aromatic carbocycles. The van der Waals surface area contributed by atoms with Crippen molar-refractivity contribution in [1.29, 1.82) is 0 Å². The second-order valence-corrected chi connectivity index (χ2v) is 4.05. The van der Waals surface area contributed by atoms with Crippen LogP contribution >= 0.6 is 0 Å². The Balaban J connectivity index is 2.27. The lowest BCUT2D eigenvalue weighted by molar-refractivity contribution is 0.462. The molecule has 0 aliphatic rings. The van der Waals surface area contributed by atoms with Gasteiger partial charge in [-0.05, 0) is 6.42 Å². The molecule has 0 spiro atoms. The fourth-order valence-electron chi connectivity index (χ4n) is 1.60. The van der Waals surface area contributed by atoms with Gasteiger partial charge in [-0.1, -0.05) is 13.3 Å². The Bertz CT molecular complexity index is 318. The first kappa shape index (κ1) is 13.5. The molecule has 1 rings (SSSR count). The minimum absolute atomic E-state index is 0.861. The molecule has 5 heteroatoms. The highest BCUT2D eigenvalue weighted by Gasteiger charge is 2.03. The van der Waals surface area contributed by atoms with Crippen molar-refractivity contribution in [3.63, 3.8) is 0 Å². The van der Waals surface area contributed by atoms with Gasteiger partial charge in [-0.3, -0.25) is 4.99 Å². The molecule has 0 aliphatic heterocycles. The average Bonchev–Trinajstić information content (AvgIpc) is 2.84. The van der Waals surface area contributed by atoms with Crippen LogP contribution in [0.15, 0.2) is 23.7 Å². The average molecular weight is 237 g/mol. The minimum atomic E-state index is 0.861. The molecule has 96 valence electrons. The van der Waals surface area contributed by atoms with Crippen molar-refractivity contribution in [2.24, 2.45) is 4.99 Å². The number of aliphatic imine (C=N–C) groups is 1. The number of aromatic nitrogens is 2. The van der Waals surface area contributed by atoms with Gasteiger partial charge in [0.05, 0.1) is 6.33 Å². The number of guanidine groups is 1. The van der Waals surface area contributed by atoms with E-state index in [2.05, 4.69) is 34.2 Å². The molecule has 0 aliphatic carbocycles. The summed E-state index contributed by atoms with van der Waals surface area (Å²) in [5.74, 6) is 0.957. The van der Waals surface area contributed by atoms with Gasteiger partial charge in [-0.2, -0.15) is 0 Å². The molecular weight excluding hydrogens is 214 g/mol. The summed E-state index contributed by atoms with van der Waals surface area (Å²) < 4.78 is 2.05. The van der Waals surface area contributed by atoms with E-state index in [1.54, 1.807) is 6.20 Å². The van der Waals surface area contributed by atoms with E-state index in [4.69, 9.17) is 0 Å². The summed E-state index contributed by atoms with van der Waals surface area (Å²) in [5, 5.41) is 3.34. The smallest absolute Gasteiger partial charge is 0.193 e. The van der Waals surface area contributed by atoms with E-state index < -0.39 is 0 Å². The Morgan fingerprint density at radius 1 is 1.53 bits per heavy atom. The monoisotopic (exact) mass is 237 g/mol. The third-order valence-electron chi connectivity index (χ3n) is 2.63. The van der Waals surface area contributed by atoms with E-state index >= 15 is 0 Å². The molecule has 0 unspecified atom stereocenters. The van der Waals surface area contributed by atoms with Gasteiger partial charge in [0.15, 0.2) is 5.96 Å². The van der Waals surface area contributed by atoms with Crippen molar-refractivity contribution in [1.82, 2.24) is 19.8 Å². The topological polar surface area (TPSA) is 45.5 Å². The van der Waals surface area contributed by atoms with Gasteiger partial charge in [-0.25, -0.2) is 4.98 Å². The molecule has 0 bridgehead atoms. The van der Waals surface area contributed by atoms with Crippen molar-refractivity contribution in [2.45, 2.75) is 26.3 Å². The Kier molecular flexibility index (Phi) is 6.14. The van der Waals surface area contributed by atoms with Crippen LogP contribution in [0.5, 0.6) is 0 Å². The van der Waals surface area contributed by atoms with E-state index in [0.29, 0.717) is 0 Å². The molecular formula is C12H23N5. The summed E-state index contributed by atoms with van der Waals surface area (Å²) in [5.41, 5.74) is 0.